The van der Waals surface area contributed by atoms with Crippen LogP contribution >= 0.6 is 0 Å². The van der Waals surface area contributed by atoms with Gasteiger partial charge in [0.25, 0.3) is 0 Å². The van der Waals surface area contributed by atoms with E-state index in [9.17, 15) is 0 Å². The summed E-state index contributed by atoms with van der Waals surface area (Å²) in [4.78, 5) is 0. The Bertz CT molecular complexity index is 257. The fourth-order valence-corrected chi connectivity index (χ4v) is 1.28. The number of rotatable bonds is 2. The summed E-state index contributed by atoms with van der Waals surface area (Å²) in [6, 6.07) is 8.30. The van der Waals surface area contributed by atoms with Crippen LogP contribution in [0.25, 0.3) is 0 Å². The average Bonchev–Trinajstić information content (AvgIpc) is 2.87. The second-order valence-electron chi connectivity index (χ2n) is 3.09. The van der Waals surface area contributed by atoms with E-state index in [2.05, 4.69) is 12.1 Å². The van der Waals surface area contributed by atoms with Crippen LogP contribution in [0.4, 0.5) is 0 Å². The maximum Gasteiger partial charge on any atom is 0.0250 e. The standard InChI is InChI=1S/C10H11N/c11-7-8-1-3-9(4-2-8)10-5-6-10/h1-4,7,10-11H,5-6H2. The Hall–Kier alpha value is -1.11. The van der Waals surface area contributed by atoms with Crippen LogP contribution in [-0.4, -0.2) is 6.21 Å². The maximum absolute atomic E-state index is 7.01. The van der Waals surface area contributed by atoms with Gasteiger partial charge in [0, 0.05) is 6.21 Å². The van der Waals surface area contributed by atoms with Crippen LogP contribution in [0.2, 0.25) is 0 Å². The predicted octanol–water partition coefficient (Wildman–Crippen LogP) is 2.56. The molecule has 0 unspecified atom stereocenters. The molecule has 0 aliphatic heterocycles. The largest absolute Gasteiger partial charge is 0.308 e. The molecule has 1 N–H and O–H groups in total. The summed E-state index contributed by atoms with van der Waals surface area (Å²) < 4.78 is 0. The molecule has 0 heterocycles. The molecule has 1 aromatic carbocycles. The molecule has 1 aromatic rings. The fraction of sp³-hybridized carbons (Fsp3) is 0.300. The second-order valence-corrected chi connectivity index (χ2v) is 3.09. The minimum absolute atomic E-state index is 0.829. The van der Waals surface area contributed by atoms with Gasteiger partial charge in [-0.1, -0.05) is 24.3 Å². The second kappa shape index (κ2) is 2.50. The van der Waals surface area contributed by atoms with E-state index in [0.29, 0.717) is 0 Å². The molecule has 56 valence electrons. The molecule has 0 spiro atoms. The van der Waals surface area contributed by atoms with Gasteiger partial charge in [0.15, 0.2) is 0 Å². The molecule has 2 rings (SSSR count). The van der Waals surface area contributed by atoms with Gasteiger partial charge in [-0.05, 0) is 29.9 Å². The first kappa shape index (κ1) is 6.59. The summed E-state index contributed by atoms with van der Waals surface area (Å²) >= 11 is 0. The molecular weight excluding hydrogens is 134 g/mol. The third-order valence-electron chi connectivity index (χ3n) is 2.15. The fourth-order valence-electron chi connectivity index (χ4n) is 1.28. The van der Waals surface area contributed by atoms with Crippen molar-refractivity contribution in [3.63, 3.8) is 0 Å². The van der Waals surface area contributed by atoms with Gasteiger partial charge in [0.2, 0.25) is 0 Å². The molecule has 1 fully saturated rings. The van der Waals surface area contributed by atoms with E-state index in [1.165, 1.54) is 24.6 Å². The summed E-state index contributed by atoms with van der Waals surface area (Å²) in [5.74, 6) is 0.829. The lowest BCUT2D eigenvalue weighted by Crippen LogP contribution is -1.81. The molecule has 0 bridgehead atoms. The van der Waals surface area contributed by atoms with E-state index in [-0.39, 0.29) is 0 Å². The van der Waals surface area contributed by atoms with Crippen molar-refractivity contribution < 1.29 is 0 Å². The summed E-state index contributed by atoms with van der Waals surface area (Å²) in [5, 5.41) is 7.01. The zero-order valence-corrected chi connectivity index (χ0v) is 6.38. The van der Waals surface area contributed by atoms with Crippen LogP contribution in [-0.2, 0) is 0 Å². The van der Waals surface area contributed by atoms with E-state index in [1.807, 2.05) is 12.1 Å². The molecule has 0 radical (unpaired) electrons. The predicted molar refractivity (Wildman–Crippen MR) is 46.3 cm³/mol. The van der Waals surface area contributed by atoms with Gasteiger partial charge < -0.3 is 5.41 Å². The summed E-state index contributed by atoms with van der Waals surface area (Å²) in [6.07, 6.45) is 4.09. The molecular formula is C10H11N. The van der Waals surface area contributed by atoms with Gasteiger partial charge in [0.1, 0.15) is 0 Å². The van der Waals surface area contributed by atoms with Gasteiger partial charge in [-0.3, -0.25) is 0 Å². The molecule has 1 aliphatic rings. The first-order chi connectivity index (χ1) is 5.40. The number of nitrogens with one attached hydrogen (secondary N) is 1. The first-order valence-corrected chi connectivity index (χ1v) is 4.00. The number of benzene rings is 1. The Balaban J connectivity index is 2.25. The monoisotopic (exact) mass is 145 g/mol. The lowest BCUT2D eigenvalue weighted by atomic mass is 10.1. The van der Waals surface area contributed by atoms with Crippen LogP contribution in [0.1, 0.15) is 29.9 Å². The third-order valence-corrected chi connectivity index (χ3v) is 2.15. The average molecular weight is 145 g/mol. The highest BCUT2D eigenvalue weighted by Gasteiger charge is 2.22. The summed E-state index contributed by atoms with van der Waals surface area (Å²) in [5.41, 5.74) is 2.44. The van der Waals surface area contributed by atoms with Gasteiger partial charge >= 0.3 is 0 Å². The van der Waals surface area contributed by atoms with Crippen molar-refractivity contribution in [2.45, 2.75) is 18.8 Å². The zero-order chi connectivity index (χ0) is 7.68. The SMILES string of the molecule is N=Cc1ccc(C2CC2)cc1. The minimum atomic E-state index is 0.829. The molecule has 1 nitrogen and oxygen atoms in total. The van der Waals surface area contributed by atoms with Crippen LogP contribution in [0.3, 0.4) is 0 Å². The van der Waals surface area contributed by atoms with Gasteiger partial charge in [0.05, 0.1) is 0 Å². The Morgan fingerprint density at radius 3 is 2.27 bits per heavy atom. The normalized spacial score (nSPS) is 16.4. The highest BCUT2D eigenvalue weighted by atomic mass is 14.3. The van der Waals surface area contributed by atoms with Gasteiger partial charge in [-0.15, -0.1) is 0 Å². The topological polar surface area (TPSA) is 23.9 Å². The molecule has 0 saturated heterocycles. The summed E-state index contributed by atoms with van der Waals surface area (Å²) in [7, 11) is 0. The molecule has 11 heavy (non-hydrogen) atoms. The van der Waals surface area contributed by atoms with Crippen LogP contribution in [0, 0.1) is 5.41 Å². The number of hydrogen-bond donors (Lipinski definition) is 1. The van der Waals surface area contributed by atoms with Crippen molar-refractivity contribution in [2.75, 3.05) is 0 Å². The maximum atomic E-state index is 7.01. The molecule has 0 aromatic heterocycles. The minimum Gasteiger partial charge on any atom is -0.308 e. The van der Waals surface area contributed by atoms with Gasteiger partial charge in [-0.25, -0.2) is 0 Å². The van der Waals surface area contributed by atoms with E-state index >= 15 is 0 Å². The highest BCUT2D eigenvalue weighted by Crippen LogP contribution is 2.39. The molecule has 1 saturated carbocycles. The zero-order valence-electron chi connectivity index (χ0n) is 6.38. The third kappa shape index (κ3) is 1.32. The Kier molecular flexibility index (Phi) is 1.50. The smallest absolute Gasteiger partial charge is 0.0250 e. The van der Waals surface area contributed by atoms with Crippen LogP contribution < -0.4 is 0 Å². The Morgan fingerprint density at radius 2 is 1.82 bits per heavy atom. The Labute approximate surface area is 66.6 Å². The molecule has 0 amide bonds. The van der Waals surface area contributed by atoms with Crippen molar-refractivity contribution >= 4 is 6.21 Å². The molecule has 0 atom stereocenters. The van der Waals surface area contributed by atoms with E-state index in [4.69, 9.17) is 5.41 Å². The highest BCUT2D eigenvalue weighted by molar-refractivity contribution is 5.76. The van der Waals surface area contributed by atoms with Crippen molar-refractivity contribution in [3.05, 3.63) is 35.4 Å². The quantitative estimate of drug-likeness (QED) is 0.618. The van der Waals surface area contributed by atoms with E-state index in [1.54, 1.807) is 0 Å². The molecule has 1 aliphatic carbocycles. The van der Waals surface area contributed by atoms with E-state index in [0.717, 1.165) is 11.5 Å². The lowest BCUT2D eigenvalue weighted by Gasteiger charge is -1.96. The van der Waals surface area contributed by atoms with Crippen molar-refractivity contribution in [1.29, 1.82) is 5.41 Å². The van der Waals surface area contributed by atoms with Gasteiger partial charge in [-0.2, -0.15) is 0 Å². The summed E-state index contributed by atoms with van der Waals surface area (Å²) in [6.45, 7) is 0. The van der Waals surface area contributed by atoms with Crippen molar-refractivity contribution in [2.24, 2.45) is 0 Å². The Morgan fingerprint density at radius 1 is 1.18 bits per heavy atom. The number of hydrogen-bond acceptors (Lipinski definition) is 1. The van der Waals surface area contributed by atoms with Crippen LogP contribution in [0.5, 0.6) is 0 Å². The van der Waals surface area contributed by atoms with Crippen molar-refractivity contribution in [1.82, 2.24) is 0 Å². The van der Waals surface area contributed by atoms with Crippen molar-refractivity contribution in [3.8, 4) is 0 Å². The van der Waals surface area contributed by atoms with E-state index < -0.39 is 0 Å². The lowest BCUT2D eigenvalue weighted by molar-refractivity contribution is 1.13. The first-order valence-electron chi connectivity index (χ1n) is 4.00. The molecule has 1 heteroatoms. The van der Waals surface area contributed by atoms with Crippen LogP contribution in [0.15, 0.2) is 24.3 Å².